The minimum absolute atomic E-state index is 0.0132. The van der Waals surface area contributed by atoms with E-state index in [1.807, 2.05) is 0 Å². The van der Waals surface area contributed by atoms with Gasteiger partial charge in [-0.15, -0.1) is 0 Å². The second-order valence-electron chi connectivity index (χ2n) is 3.55. The number of nitrogens with two attached hydrogens (primary N) is 1. The first-order valence-electron chi connectivity index (χ1n) is 4.85. The summed E-state index contributed by atoms with van der Waals surface area (Å²) in [6.45, 7) is -1.22. The van der Waals surface area contributed by atoms with E-state index in [1.165, 1.54) is 0 Å². The van der Waals surface area contributed by atoms with Gasteiger partial charge in [0, 0.05) is 6.04 Å². The molecule has 4 nitrogen and oxygen atoms in total. The third-order valence-electron chi connectivity index (χ3n) is 2.25. The van der Waals surface area contributed by atoms with Gasteiger partial charge in [0.1, 0.15) is 6.54 Å². The Labute approximate surface area is 86.1 Å². The summed E-state index contributed by atoms with van der Waals surface area (Å²) in [5, 5.41) is 2.85. The molecule has 0 aliphatic heterocycles. The summed E-state index contributed by atoms with van der Waals surface area (Å²) in [6, 6.07) is 0.188. The summed E-state index contributed by atoms with van der Waals surface area (Å²) < 4.78 is 35.6. The van der Waals surface area contributed by atoms with Gasteiger partial charge in [-0.05, 0) is 12.8 Å². The van der Waals surface area contributed by atoms with E-state index in [2.05, 4.69) is 15.7 Å². The fourth-order valence-corrected chi connectivity index (χ4v) is 1.57. The smallest absolute Gasteiger partial charge is 0.353 e. The fourth-order valence-electron chi connectivity index (χ4n) is 1.57. The standard InChI is InChI=1S/C8H15F3N4/c9-8(10,11)5-13-7(15-12)14-6-3-1-2-4-6/h6H,1-5,12H2,(H2,13,14,15). The molecule has 1 fully saturated rings. The van der Waals surface area contributed by atoms with E-state index in [0.29, 0.717) is 0 Å². The molecule has 4 N–H and O–H groups in total. The number of halogens is 3. The van der Waals surface area contributed by atoms with Gasteiger partial charge in [-0.3, -0.25) is 5.43 Å². The zero-order valence-corrected chi connectivity index (χ0v) is 8.27. The number of alkyl halides is 3. The van der Waals surface area contributed by atoms with Gasteiger partial charge in [-0.1, -0.05) is 12.8 Å². The number of hydrazine groups is 1. The van der Waals surface area contributed by atoms with Crippen molar-refractivity contribution in [2.45, 2.75) is 37.9 Å². The Morgan fingerprint density at radius 1 is 1.33 bits per heavy atom. The maximum absolute atomic E-state index is 11.9. The lowest BCUT2D eigenvalue weighted by molar-refractivity contribution is -0.118. The van der Waals surface area contributed by atoms with Crippen LogP contribution in [0.2, 0.25) is 0 Å². The van der Waals surface area contributed by atoms with Crippen LogP contribution in [-0.2, 0) is 0 Å². The first kappa shape index (κ1) is 12.1. The molecule has 0 atom stereocenters. The Hall–Kier alpha value is -0.980. The van der Waals surface area contributed by atoms with Crippen molar-refractivity contribution in [3.8, 4) is 0 Å². The Morgan fingerprint density at radius 3 is 2.40 bits per heavy atom. The van der Waals surface area contributed by atoms with E-state index in [1.54, 1.807) is 0 Å². The molecule has 0 heterocycles. The lowest BCUT2D eigenvalue weighted by atomic mass is 10.2. The topological polar surface area (TPSA) is 62.4 Å². The van der Waals surface area contributed by atoms with Crippen LogP contribution in [0, 0.1) is 0 Å². The fraction of sp³-hybridized carbons (Fsp3) is 0.875. The SMILES string of the molecule is NNC(=NCC(F)(F)F)NC1CCCC1. The molecule has 88 valence electrons. The molecule has 1 aliphatic carbocycles. The average Bonchev–Trinajstić information content (AvgIpc) is 2.63. The van der Waals surface area contributed by atoms with Gasteiger partial charge in [-0.2, -0.15) is 13.2 Å². The van der Waals surface area contributed by atoms with Crippen molar-refractivity contribution in [1.82, 2.24) is 10.7 Å². The van der Waals surface area contributed by atoms with Crippen molar-refractivity contribution in [3.05, 3.63) is 0 Å². The van der Waals surface area contributed by atoms with Crippen LogP contribution < -0.4 is 16.6 Å². The van der Waals surface area contributed by atoms with Crippen molar-refractivity contribution in [3.63, 3.8) is 0 Å². The van der Waals surface area contributed by atoms with Crippen LogP contribution in [0.3, 0.4) is 0 Å². The van der Waals surface area contributed by atoms with Crippen molar-refractivity contribution >= 4 is 5.96 Å². The van der Waals surface area contributed by atoms with Crippen LogP contribution in [0.5, 0.6) is 0 Å². The van der Waals surface area contributed by atoms with Gasteiger partial charge in [0.2, 0.25) is 5.96 Å². The predicted molar refractivity (Wildman–Crippen MR) is 51.1 cm³/mol. The summed E-state index contributed by atoms with van der Waals surface area (Å²) in [5.41, 5.74) is 2.14. The maximum Gasteiger partial charge on any atom is 0.408 e. The minimum atomic E-state index is -4.29. The van der Waals surface area contributed by atoms with Crippen molar-refractivity contribution in [1.29, 1.82) is 0 Å². The van der Waals surface area contributed by atoms with Crippen LogP contribution in [0.4, 0.5) is 13.2 Å². The number of guanidine groups is 1. The molecule has 7 heteroatoms. The van der Waals surface area contributed by atoms with Gasteiger partial charge in [0.05, 0.1) is 0 Å². The molecular formula is C8H15F3N4. The van der Waals surface area contributed by atoms with Crippen molar-refractivity contribution < 1.29 is 13.2 Å². The van der Waals surface area contributed by atoms with E-state index in [0.717, 1.165) is 25.7 Å². The minimum Gasteiger partial charge on any atom is -0.353 e. The molecule has 0 aromatic rings. The second kappa shape index (κ2) is 5.20. The number of hydrogen-bond donors (Lipinski definition) is 3. The normalized spacial score (nSPS) is 19.3. The van der Waals surface area contributed by atoms with Crippen LogP contribution >= 0.6 is 0 Å². The highest BCUT2D eigenvalue weighted by Gasteiger charge is 2.27. The number of nitrogens with one attached hydrogen (secondary N) is 2. The first-order valence-corrected chi connectivity index (χ1v) is 4.85. The zero-order valence-electron chi connectivity index (χ0n) is 8.27. The Balaban J connectivity index is 2.40. The molecule has 1 saturated carbocycles. The highest BCUT2D eigenvalue weighted by atomic mass is 19.4. The molecule has 15 heavy (non-hydrogen) atoms. The van der Waals surface area contributed by atoms with Crippen LogP contribution in [0.1, 0.15) is 25.7 Å². The van der Waals surface area contributed by atoms with E-state index in [-0.39, 0.29) is 12.0 Å². The molecule has 0 radical (unpaired) electrons. The average molecular weight is 224 g/mol. The van der Waals surface area contributed by atoms with E-state index < -0.39 is 12.7 Å². The Bertz CT molecular complexity index is 220. The highest BCUT2D eigenvalue weighted by molar-refractivity contribution is 5.79. The molecule has 0 bridgehead atoms. The third-order valence-corrected chi connectivity index (χ3v) is 2.25. The molecule has 1 rings (SSSR count). The Kier molecular flexibility index (Phi) is 4.19. The van der Waals surface area contributed by atoms with Gasteiger partial charge in [0.25, 0.3) is 0 Å². The molecule has 0 aromatic carbocycles. The lowest BCUT2D eigenvalue weighted by Gasteiger charge is -2.15. The van der Waals surface area contributed by atoms with Gasteiger partial charge >= 0.3 is 6.18 Å². The van der Waals surface area contributed by atoms with Crippen LogP contribution in [0.15, 0.2) is 4.99 Å². The van der Waals surface area contributed by atoms with Gasteiger partial charge in [-0.25, -0.2) is 10.8 Å². The summed E-state index contributed by atoms with van der Waals surface area (Å²) in [4.78, 5) is 3.32. The Morgan fingerprint density at radius 2 is 1.93 bits per heavy atom. The molecule has 0 unspecified atom stereocenters. The molecule has 0 amide bonds. The van der Waals surface area contributed by atoms with Gasteiger partial charge in [0.15, 0.2) is 0 Å². The first-order chi connectivity index (χ1) is 7.01. The summed E-state index contributed by atoms with van der Waals surface area (Å²) >= 11 is 0. The largest absolute Gasteiger partial charge is 0.408 e. The summed E-state index contributed by atoms with van der Waals surface area (Å²) in [5.74, 6) is 5.08. The quantitative estimate of drug-likeness (QED) is 0.282. The molecular weight excluding hydrogens is 209 g/mol. The lowest BCUT2D eigenvalue weighted by Crippen LogP contribution is -2.46. The number of rotatable bonds is 2. The van der Waals surface area contributed by atoms with Gasteiger partial charge < -0.3 is 5.32 Å². The molecule has 0 spiro atoms. The van der Waals surface area contributed by atoms with Crippen molar-refractivity contribution in [2.75, 3.05) is 6.54 Å². The van der Waals surface area contributed by atoms with E-state index >= 15 is 0 Å². The summed E-state index contributed by atoms with van der Waals surface area (Å²) in [6.07, 6.45) is -0.206. The number of hydrogen-bond acceptors (Lipinski definition) is 2. The molecule has 0 aromatic heterocycles. The number of aliphatic imine (C=N–C) groups is 1. The van der Waals surface area contributed by atoms with E-state index in [9.17, 15) is 13.2 Å². The zero-order chi connectivity index (χ0) is 11.3. The second-order valence-corrected chi connectivity index (χ2v) is 3.55. The summed E-state index contributed by atoms with van der Waals surface area (Å²) in [7, 11) is 0. The predicted octanol–water partition coefficient (Wildman–Crippen LogP) is 0.900. The molecule has 1 aliphatic rings. The van der Waals surface area contributed by atoms with Crippen LogP contribution in [-0.4, -0.2) is 24.7 Å². The molecule has 0 saturated heterocycles. The highest BCUT2D eigenvalue weighted by Crippen LogP contribution is 2.18. The number of nitrogens with zero attached hydrogens (tertiary/aromatic N) is 1. The van der Waals surface area contributed by atoms with Crippen molar-refractivity contribution in [2.24, 2.45) is 10.8 Å². The van der Waals surface area contributed by atoms with E-state index in [4.69, 9.17) is 5.84 Å². The third kappa shape index (κ3) is 4.87. The monoisotopic (exact) mass is 224 g/mol. The maximum atomic E-state index is 11.9. The van der Waals surface area contributed by atoms with Crippen LogP contribution in [0.25, 0.3) is 0 Å².